The highest BCUT2D eigenvalue weighted by Crippen LogP contribution is 2.60. The van der Waals surface area contributed by atoms with Gasteiger partial charge in [-0.1, -0.05) is 0 Å². The molecule has 0 aromatic heterocycles. The molecule has 6 heteroatoms. The quantitative estimate of drug-likeness (QED) is 0.664. The minimum atomic E-state index is -0.917. The van der Waals surface area contributed by atoms with Crippen LogP contribution in [-0.4, -0.2) is 53.4 Å². The Hall–Kier alpha value is -1.30. The second kappa shape index (κ2) is 6.67. The number of rotatable bonds is 7. The molecule has 130 valence electrons. The van der Waals surface area contributed by atoms with Gasteiger partial charge in [0, 0.05) is 19.6 Å². The van der Waals surface area contributed by atoms with Crippen LogP contribution < -0.4 is 5.32 Å². The van der Waals surface area contributed by atoms with E-state index in [2.05, 4.69) is 5.32 Å². The van der Waals surface area contributed by atoms with Crippen molar-refractivity contribution in [3.05, 3.63) is 0 Å². The van der Waals surface area contributed by atoms with E-state index >= 15 is 0 Å². The molecule has 0 heterocycles. The molecule has 0 aromatic carbocycles. The zero-order valence-corrected chi connectivity index (χ0v) is 13.7. The third-order valence-electron chi connectivity index (χ3n) is 5.96. The average Bonchev–Trinajstić information content (AvgIpc) is 2.44. The maximum absolute atomic E-state index is 12.3. The van der Waals surface area contributed by atoms with Gasteiger partial charge in [-0.2, -0.15) is 0 Å². The van der Waals surface area contributed by atoms with Crippen molar-refractivity contribution in [3.63, 3.8) is 0 Å². The molecular formula is C17H28N2O4. The standard InChI is InChI=1S/C17H28N2O4/c20-4-3-19(16(23)18-2-1-15(21)22)11-17-8-12-5-13(9-17)7-14(6-12)10-17/h12-14,20H,1-11H2,(H,18,23)(H,21,22). The number of aliphatic hydroxyl groups is 1. The van der Waals surface area contributed by atoms with Gasteiger partial charge in [-0.05, 0) is 61.7 Å². The predicted molar refractivity (Wildman–Crippen MR) is 84.9 cm³/mol. The predicted octanol–water partition coefficient (Wildman–Crippen LogP) is 1.68. The van der Waals surface area contributed by atoms with Gasteiger partial charge < -0.3 is 20.4 Å². The van der Waals surface area contributed by atoms with E-state index in [0.717, 1.165) is 17.8 Å². The SMILES string of the molecule is O=C(O)CCNC(=O)N(CCO)CC12CC3CC(CC(C3)C1)C2. The summed E-state index contributed by atoms with van der Waals surface area (Å²) in [4.78, 5) is 24.6. The first-order valence-corrected chi connectivity index (χ1v) is 8.85. The summed E-state index contributed by atoms with van der Waals surface area (Å²) >= 11 is 0. The van der Waals surface area contributed by atoms with Crippen LogP contribution in [0.2, 0.25) is 0 Å². The number of aliphatic hydroxyl groups excluding tert-OH is 1. The monoisotopic (exact) mass is 324 g/mol. The van der Waals surface area contributed by atoms with Crippen molar-refractivity contribution in [2.45, 2.75) is 44.9 Å². The van der Waals surface area contributed by atoms with E-state index in [9.17, 15) is 14.7 Å². The van der Waals surface area contributed by atoms with Crippen molar-refractivity contribution in [1.29, 1.82) is 0 Å². The Morgan fingerprint density at radius 2 is 1.65 bits per heavy atom. The Bertz CT molecular complexity index is 430. The minimum absolute atomic E-state index is 0.0568. The number of aliphatic carboxylic acids is 1. The Morgan fingerprint density at radius 3 is 2.13 bits per heavy atom. The number of nitrogens with zero attached hydrogens (tertiary/aromatic N) is 1. The Balaban J connectivity index is 1.60. The van der Waals surface area contributed by atoms with Crippen LogP contribution in [-0.2, 0) is 4.79 Å². The van der Waals surface area contributed by atoms with Crippen molar-refractivity contribution in [2.75, 3.05) is 26.2 Å². The molecule has 6 nitrogen and oxygen atoms in total. The van der Waals surface area contributed by atoms with Gasteiger partial charge >= 0.3 is 12.0 Å². The molecule has 0 saturated heterocycles. The molecule has 3 N–H and O–H groups in total. The molecule has 4 aliphatic carbocycles. The summed E-state index contributed by atoms with van der Waals surface area (Å²) in [6, 6.07) is -0.240. The highest BCUT2D eigenvalue weighted by atomic mass is 16.4. The van der Waals surface area contributed by atoms with Gasteiger partial charge in [0.05, 0.1) is 13.0 Å². The lowest BCUT2D eigenvalue weighted by molar-refractivity contribution is -0.136. The van der Waals surface area contributed by atoms with E-state index in [0.29, 0.717) is 13.1 Å². The first kappa shape index (κ1) is 16.6. The van der Waals surface area contributed by atoms with Gasteiger partial charge in [-0.3, -0.25) is 4.79 Å². The van der Waals surface area contributed by atoms with Gasteiger partial charge in [-0.25, -0.2) is 4.79 Å². The second-order valence-electron chi connectivity index (χ2n) is 7.94. The molecular weight excluding hydrogens is 296 g/mol. The van der Waals surface area contributed by atoms with Crippen molar-refractivity contribution in [1.82, 2.24) is 10.2 Å². The van der Waals surface area contributed by atoms with E-state index in [1.807, 2.05) is 0 Å². The van der Waals surface area contributed by atoms with Gasteiger partial charge in [0.15, 0.2) is 0 Å². The van der Waals surface area contributed by atoms with Gasteiger partial charge in [0.2, 0.25) is 0 Å². The molecule has 0 atom stereocenters. The summed E-state index contributed by atoms with van der Waals surface area (Å²) in [6.07, 6.45) is 7.66. The third-order valence-corrected chi connectivity index (χ3v) is 5.96. The summed E-state index contributed by atoms with van der Waals surface area (Å²) in [5.74, 6) is 1.56. The van der Waals surface area contributed by atoms with E-state index in [1.165, 1.54) is 38.5 Å². The van der Waals surface area contributed by atoms with Gasteiger partial charge in [0.1, 0.15) is 0 Å². The summed E-state index contributed by atoms with van der Waals surface area (Å²) in [5, 5.41) is 20.6. The topological polar surface area (TPSA) is 89.9 Å². The van der Waals surface area contributed by atoms with Crippen LogP contribution in [0, 0.1) is 23.2 Å². The van der Waals surface area contributed by atoms with Crippen LogP contribution in [0.5, 0.6) is 0 Å². The summed E-state index contributed by atoms with van der Waals surface area (Å²) in [6.45, 7) is 1.10. The van der Waals surface area contributed by atoms with Crippen molar-refractivity contribution >= 4 is 12.0 Å². The normalized spacial score (nSPS) is 34.4. The fourth-order valence-electron chi connectivity index (χ4n) is 5.65. The fourth-order valence-corrected chi connectivity index (χ4v) is 5.65. The number of carbonyl (C=O) groups excluding carboxylic acids is 1. The number of amides is 2. The number of carboxylic acid groups (broad SMARTS) is 1. The van der Waals surface area contributed by atoms with E-state index in [-0.39, 0.29) is 31.0 Å². The number of carboxylic acids is 1. The van der Waals surface area contributed by atoms with Crippen molar-refractivity contribution in [2.24, 2.45) is 23.2 Å². The van der Waals surface area contributed by atoms with Crippen LogP contribution in [0.15, 0.2) is 0 Å². The molecule has 0 aliphatic heterocycles. The molecule has 23 heavy (non-hydrogen) atoms. The lowest BCUT2D eigenvalue weighted by Gasteiger charge is -2.57. The number of hydrogen-bond acceptors (Lipinski definition) is 3. The van der Waals surface area contributed by atoms with Crippen LogP contribution in [0.3, 0.4) is 0 Å². The molecule has 4 fully saturated rings. The summed E-state index contributed by atoms with van der Waals surface area (Å²) in [7, 11) is 0. The number of urea groups is 1. The van der Waals surface area contributed by atoms with Crippen LogP contribution in [0.1, 0.15) is 44.9 Å². The highest BCUT2D eigenvalue weighted by molar-refractivity contribution is 5.75. The van der Waals surface area contributed by atoms with Crippen molar-refractivity contribution < 1.29 is 19.8 Å². The molecule has 4 saturated carbocycles. The zero-order chi connectivity index (χ0) is 16.4. The van der Waals surface area contributed by atoms with Gasteiger partial charge in [-0.15, -0.1) is 0 Å². The van der Waals surface area contributed by atoms with E-state index < -0.39 is 5.97 Å². The molecule has 2 amide bonds. The van der Waals surface area contributed by atoms with Crippen LogP contribution in [0.25, 0.3) is 0 Å². The highest BCUT2D eigenvalue weighted by Gasteiger charge is 2.51. The number of carbonyl (C=O) groups is 2. The lowest BCUT2D eigenvalue weighted by Crippen LogP contribution is -2.54. The average molecular weight is 324 g/mol. The maximum atomic E-state index is 12.3. The lowest BCUT2D eigenvalue weighted by atomic mass is 9.49. The van der Waals surface area contributed by atoms with Crippen LogP contribution >= 0.6 is 0 Å². The molecule has 4 rings (SSSR count). The first-order chi connectivity index (χ1) is 11.0. The molecule has 0 spiro atoms. The largest absolute Gasteiger partial charge is 0.481 e. The van der Waals surface area contributed by atoms with E-state index in [1.54, 1.807) is 4.90 Å². The smallest absolute Gasteiger partial charge is 0.317 e. The third kappa shape index (κ3) is 3.79. The van der Waals surface area contributed by atoms with Crippen LogP contribution in [0.4, 0.5) is 4.79 Å². The summed E-state index contributed by atoms with van der Waals surface area (Å²) in [5.41, 5.74) is 0.230. The Morgan fingerprint density at radius 1 is 1.09 bits per heavy atom. The molecule has 4 aliphatic rings. The second-order valence-corrected chi connectivity index (χ2v) is 7.94. The Labute approximate surface area is 137 Å². The van der Waals surface area contributed by atoms with Gasteiger partial charge in [0.25, 0.3) is 0 Å². The zero-order valence-electron chi connectivity index (χ0n) is 13.7. The number of nitrogens with one attached hydrogen (secondary N) is 1. The number of hydrogen-bond donors (Lipinski definition) is 3. The first-order valence-electron chi connectivity index (χ1n) is 8.85. The minimum Gasteiger partial charge on any atom is -0.481 e. The maximum Gasteiger partial charge on any atom is 0.317 e. The molecule has 0 radical (unpaired) electrons. The molecule has 4 bridgehead atoms. The Kier molecular flexibility index (Phi) is 4.80. The van der Waals surface area contributed by atoms with Crippen molar-refractivity contribution in [3.8, 4) is 0 Å². The summed E-state index contributed by atoms with van der Waals surface area (Å²) < 4.78 is 0. The van der Waals surface area contributed by atoms with E-state index in [4.69, 9.17) is 5.11 Å². The molecule has 0 unspecified atom stereocenters. The molecule has 0 aromatic rings. The fraction of sp³-hybridized carbons (Fsp3) is 0.882.